The molecule has 3 rings (SSSR count). The number of hydrogen-bond donors (Lipinski definition) is 13. The SMILES string of the molecule is CCCCCCCCCCCCCC=CC(O)C(CO)NC(=O)OC1OC(CO)C(OC2OC(CO)C(O)C(OC3OC(CO)C(O)C(O)C3NC(C)=O)C2O)C(O)C1O. The first kappa shape index (κ1) is 52.2. The molecule has 21 nitrogen and oxygen atoms in total. The van der Waals surface area contributed by atoms with Gasteiger partial charge in [0.1, 0.15) is 73.2 Å². The third kappa shape index (κ3) is 15.3. The van der Waals surface area contributed by atoms with Crippen LogP contribution in [0.25, 0.3) is 0 Å². The van der Waals surface area contributed by atoms with E-state index >= 15 is 0 Å². The summed E-state index contributed by atoms with van der Waals surface area (Å²) in [7, 11) is 0. The van der Waals surface area contributed by atoms with E-state index in [-0.39, 0.29) is 0 Å². The number of hydrogen-bond acceptors (Lipinski definition) is 19. The van der Waals surface area contributed by atoms with Gasteiger partial charge in [-0.2, -0.15) is 0 Å². The third-order valence-electron chi connectivity index (χ3n) is 10.9. The van der Waals surface area contributed by atoms with Crippen molar-refractivity contribution in [2.45, 2.75) is 195 Å². The lowest BCUT2D eigenvalue weighted by Crippen LogP contribution is -2.68. The predicted molar refractivity (Wildman–Crippen MR) is 207 cm³/mol. The van der Waals surface area contributed by atoms with E-state index in [1.165, 1.54) is 57.4 Å². The molecule has 21 heteroatoms. The van der Waals surface area contributed by atoms with Crippen molar-refractivity contribution < 1.29 is 94.2 Å². The summed E-state index contributed by atoms with van der Waals surface area (Å²) in [6.07, 6.45) is -10.4. The van der Waals surface area contributed by atoms with Gasteiger partial charge >= 0.3 is 6.09 Å². The van der Waals surface area contributed by atoms with Gasteiger partial charge in [0.25, 0.3) is 0 Å². The van der Waals surface area contributed by atoms with Gasteiger partial charge in [0, 0.05) is 6.92 Å². The molecule has 0 bridgehead atoms. The van der Waals surface area contributed by atoms with Crippen LogP contribution >= 0.6 is 0 Å². The molecule has 3 heterocycles. The molecule has 13 N–H and O–H groups in total. The summed E-state index contributed by atoms with van der Waals surface area (Å²) in [4.78, 5) is 24.7. The van der Waals surface area contributed by atoms with E-state index in [0.717, 1.165) is 26.2 Å². The Bertz CT molecular complexity index is 1250. The highest BCUT2D eigenvalue weighted by atomic mass is 16.8. The van der Waals surface area contributed by atoms with Crippen molar-refractivity contribution >= 4 is 12.0 Å². The van der Waals surface area contributed by atoms with Gasteiger partial charge in [-0.15, -0.1) is 0 Å². The molecule has 17 atom stereocenters. The Balaban J connectivity index is 1.55. The van der Waals surface area contributed by atoms with E-state index in [1.54, 1.807) is 6.08 Å². The van der Waals surface area contributed by atoms with Crippen LogP contribution in [0, 0.1) is 0 Å². The number of nitrogens with one attached hydrogen (secondary N) is 2. The lowest BCUT2D eigenvalue weighted by atomic mass is 9.95. The van der Waals surface area contributed by atoms with E-state index in [4.69, 9.17) is 28.4 Å². The van der Waals surface area contributed by atoms with Gasteiger partial charge in [-0.3, -0.25) is 4.79 Å². The zero-order valence-electron chi connectivity index (χ0n) is 34.5. The molecular formula is C39H70N2O19. The van der Waals surface area contributed by atoms with Gasteiger partial charge in [0.15, 0.2) is 12.6 Å². The maximum Gasteiger partial charge on any atom is 0.409 e. The van der Waals surface area contributed by atoms with Gasteiger partial charge in [-0.25, -0.2) is 4.79 Å². The lowest BCUT2D eigenvalue weighted by Gasteiger charge is -2.48. The predicted octanol–water partition coefficient (Wildman–Crippen LogP) is -2.72. The van der Waals surface area contributed by atoms with Crippen LogP contribution in [0.15, 0.2) is 12.2 Å². The number of aliphatic hydroxyl groups excluding tert-OH is 11. The first-order valence-corrected chi connectivity index (χ1v) is 21.1. The Morgan fingerprint density at radius 3 is 1.73 bits per heavy atom. The monoisotopic (exact) mass is 870 g/mol. The normalized spacial score (nSPS) is 35.9. The van der Waals surface area contributed by atoms with Gasteiger partial charge in [-0.05, 0) is 12.8 Å². The largest absolute Gasteiger partial charge is 0.417 e. The molecule has 3 aliphatic heterocycles. The molecule has 350 valence electrons. The van der Waals surface area contributed by atoms with E-state index in [9.17, 15) is 65.8 Å². The molecule has 60 heavy (non-hydrogen) atoms. The van der Waals surface area contributed by atoms with Crippen LogP contribution in [0.1, 0.15) is 90.9 Å². The van der Waals surface area contributed by atoms with Crippen molar-refractivity contribution in [3.8, 4) is 0 Å². The highest BCUT2D eigenvalue weighted by Gasteiger charge is 2.54. The number of aliphatic hydroxyl groups is 11. The summed E-state index contributed by atoms with van der Waals surface area (Å²) >= 11 is 0. The topological polar surface area (TPSA) is 336 Å². The number of alkyl carbamates (subject to hydrolysis) is 1. The lowest BCUT2D eigenvalue weighted by molar-refractivity contribution is -0.372. The molecule has 0 aliphatic carbocycles. The van der Waals surface area contributed by atoms with Crippen LogP contribution in [0.5, 0.6) is 0 Å². The summed E-state index contributed by atoms with van der Waals surface area (Å²) in [5.41, 5.74) is 0. The number of unbranched alkanes of at least 4 members (excludes halogenated alkanes) is 11. The van der Waals surface area contributed by atoms with E-state index in [1.807, 2.05) is 0 Å². The van der Waals surface area contributed by atoms with Crippen molar-refractivity contribution in [1.29, 1.82) is 0 Å². The standard InChI is InChI=1S/C39H70N2O19/c1-3-4-5-6-7-8-9-10-11-12-13-14-15-16-23(47)22(17-42)41-39(54)60-37-32(52)31(51)34(26(20-45)57-37)58-38-33(53)35(29(49)25(19-44)56-38)59-36-27(40-21(2)46)30(50)28(48)24(18-43)55-36/h15-16,22-38,42-45,47-53H,3-14,17-20H2,1-2H3,(H,40,46)(H,41,54). The fourth-order valence-electron chi connectivity index (χ4n) is 7.37. The Labute approximate surface area is 350 Å². The second-order valence-electron chi connectivity index (χ2n) is 15.6. The Morgan fingerprint density at radius 1 is 0.633 bits per heavy atom. The number of ether oxygens (including phenoxy) is 6. The van der Waals surface area contributed by atoms with Gasteiger partial charge in [0.2, 0.25) is 12.2 Å². The highest BCUT2D eigenvalue weighted by Crippen LogP contribution is 2.33. The Kier molecular flexibility index (Phi) is 23.6. The molecule has 3 aliphatic rings. The second-order valence-corrected chi connectivity index (χ2v) is 15.6. The van der Waals surface area contributed by atoms with E-state index in [0.29, 0.717) is 6.42 Å². The first-order valence-electron chi connectivity index (χ1n) is 21.1. The summed E-state index contributed by atoms with van der Waals surface area (Å²) in [6, 6.07) is -2.70. The fraction of sp³-hybridized carbons (Fsp3) is 0.897. The molecule has 0 aromatic rings. The van der Waals surface area contributed by atoms with Crippen molar-refractivity contribution in [2.75, 3.05) is 26.4 Å². The minimum Gasteiger partial charge on any atom is -0.417 e. The molecule has 3 saturated heterocycles. The number of amides is 2. The molecule has 0 spiro atoms. The second kappa shape index (κ2) is 27.1. The van der Waals surface area contributed by atoms with Crippen molar-refractivity contribution in [3.05, 3.63) is 12.2 Å². The smallest absolute Gasteiger partial charge is 0.409 e. The van der Waals surface area contributed by atoms with E-state index < -0.39 is 143 Å². The highest BCUT2D eigenvalue weighted by molar-refractivity contribution is 5.73. The minimum atomic E-state index is -2.05. The third-order valence-corrected chi connectivity index (χ3v) is 10.9. The van der Waals surface area contributed by atoms with Crippen LogP contribution in [-0.2, 0) is 33.2 Å². The maximum atomic E-state index is 12.8. The quantitative estimate of drug-likeness (QED) is 0.0327. The van der Waals surface area contributed by atoms with Crippen LogP contribution in [0.3, 0.4) is 0 Å². The van der Waals surface area contributed by atoms with Gasteiger partial charge in [-0.1, -0.05) is 83.3 Å². The molecule has 17 unspecified atom stereocenters. The Morgan fingerprint density at radius 2 is 1.17 bits per heavy atom. The molecular weight excluding hydrogens is 800 g/mol. The zero-order chi connectivity index (χ0) is 44.4. The minimum absolute atomic E-state index is 0.684. The molecule has 2 amide bonds. The van der Waals surface area contributed by atoms with Crippen molar-refractivity contribution in [1.82, 2.24) is 10.6 Å². The number of rotatable bonds is 25. The number of carbonyl (C=O) groups excluding carboxylic acids is 2. The van der Waals surface area contributed by atoms with Gasteiger partial charge < -0.3 is 95.2 Å². The summed E-state index contributed by atoms with van der Waals surface area (Å²) in [5.74, 6) is -0.684. The number of allylic oxidation sites excluding steroid dienone is 1. The fourth-order valence-corrected chi connectivity index (χ4v) is 7.37. The molecule has 0 radical (unpaired) electrons. The molecule has 0 aromatic carbocycles. The average Bonchev–Trinajstić information content (AvgIpc) is 3.22. The van der Waals surface area contributed by atoms with Crippen LogP contribution < -0.4 is 10.6 Å². The zero-order valence-corrected chi connectivity index (χ0v) is 34.5. The summed E-state index contributed by atoms with van der Waals surface area (Å²) < 4.78 is 33.2. The average molecular weight is 871 g/mol. The van der Waals surface area contributed by atoms with E-state index in [2.05, 4.69) is 17.6 Å². The summed E-state index contributed by atoms with van der Waals surface area (Å²) in [6.45, 7) is 0.0231. The molecule has 0 aromatic heterocycles. The molecule has 0 saturated carbocycles. The van der Waals surface area contributed by atoms with Crippen LogP contribution in [0.2, 0.25) is 0 Å². The van der Waals surface area contributed by atoms with Gasteiger partial charge in [0.05, 0.1) is 38.6 Å². The van der Waals surface area contributed by atoms with Crippen LogP contribution in [-0.4, -0.2) is 199 Å². The van der Waals surface area contributed by atoms with Crippen molar-refractivity contribution in [2.24, 2.45) is 0 Å². The maximum absolute atomic E-state index is 12.8. The number of carbonyl (C=O) groups is 2. The molecule has 3 fully saturated rings. The van der Waals surface area contributed by atoms with Crippen LogP contribution in [0.4, 0.5) is 4.79 Å². The Hall–Kier alpha value is -2.16. The first-order chi connectivity index (χ1) is 28.7. The van der Waals surface area contributed by atoms with Crippen molar-refractivity contribution in [3.63, 3.8) is 0 Å². The summed E-state index contributed by atoms with van der Waals surface area (Å²) in [5, 5.41) is 120.